The Morgan fingerprint density at radius 1 is 1.23 bits per heavy atom. The summed E-state index contributed by atoms with van der Waals surface area (Å²) in [5.74, 6) is -0.903. The first-order valence-electron chi connectivity index (χ1n) is 12.5. The van der Waals surface area contributed by atoms with Crippen LogP contribution in [0.2, 0.25) is 0 Å². The second kappa shape index (κ2) is 9.42. The van der Waals surface area contributed by atoms with Crippen LogP contribution in [-0.2, 0) is 16.0 Å². The Labute approximate surface area is 208 Å². The number of nitrogens with one attached hydrogen (secondary N) is 3. The minimum Gasteiger partial charge on any atom is -0.355 e. The van der Waals surface area contributed by atoms with Gasteiger partial charge in [-0.3, -0.25) is 9.59 Å². The zero-order valence-electron chi connectivity index (χ0n) is 21.1. The van der Waals surface area contributed by atoms with Crippen LogP contribution in [0.25, 0.3) is 11.0 Å². The number of amides is 2. The Morgan fingerprint density at radius 3 is 2.49 bits per heavy atom. The normalized spacial score (nSPS) is 20.4. The Hall–Kier alpha value is -2.08. The second-order valence-electron chi connectivity index (χ2n) is 11.9. The van der Waals surface area contributed by atoms with Crippen molar-refractivity contribution in [2.45, 2.75) is 89.5 Å². The molecular formula is C26H37F2N4O2P. The van der Waals surface area contributed by atoms with E-state index in [0.29, 0.717) is 17.9 Å². The Bertz CT molecular complexity index is 1110. The third-order valence-corrected chi connectivity index (χ3v) is 7.52. The molecule has 0 aliphatic heterocycles. The maximum atomic E-state index is 15.4. The highest BCUT2D eigenvalue weighted by Gasteiger charge is 2.52. The van der Waals surface area contributed by atoms with Crippen molar-refractivity contribution in [3.63, 3.8) is 0 Å². The third-order valence-electron chi connectivity index (χ3n) is 7.32. The predicted molar refractivity (Wildman–Crippen MR) is 136 cm³/mol. The number of carbonyl (C=O) groups is 2. The Kier molecular flexibility index (Phi) is 7.00. The molecule has 1 unspecified atom stereocenters. The van der Waals surface area contributed by atoms with Crippen LogP contribution in [-0.4, -0.2) is 39.2 Å². The fraction of sp³-hybridized carbons (Fsp3) is 0.654. The molecule has 6 nitrogen and oxygen atoms in total. The van der Waals surface area contributed by atoms with Gasteiger partial charge in [0.1, 0.15) is 11.3 Å². The van der Waals surface area contributed by atoms with E-state index in [9.17, 15) is 14.0 Å². The number of hydrogen-bond acceptors (Lipinski definition) is 3. The zero-order valence-corrected chi connectivity index (χ0v) is 22.2. The molecule has 0 bridgehead atoms. The molecule has 2 saturated carbocycles. The summed E-state index contributed by atoms with van der Waals surface area (Å²) < 4.78 is 29.9. The molecule has 2 aliphatic carbocycles. The van der Waals surface area contributed by atoms with Gasteiger partial charge in [0.05, 0.1) is 18.0 Å². The van der Waals surface area contributed by atoms with E-state index in [-0.39, 0.29) is 52.7 Å². The number of imidazole rings is 1. The van der Waals surface area contributed by atoms with Gasteiger partial charge in [0.25, 0.3) is 5.91 Å². The third kappa shape index (κ3) is 6.19. The molecule has 0 radical (unpaired) electrons. The van der Waals surface area contributed by atoms with Gasteiger partial charge in [-0.05, 0) is 66.6 Å². The van der Waals surface area contributed by atoms with Crippen LogP contribution >= 0.6 is 9.24 Å². The van der Waals surface area contributed by atoms with Crippen molar-refractivity contribution < 1.29 is 18.4 Å². The van der Waals surface area contributed by atoms with E-state index in [1.54, 1.807) is 12.1 Å². The van der Waals surface area contributed by atoms with Crippen molar-refractivity contribution in [1.82, 2.24) is 20.6 Å². The van der Waals surface area contributed by atoms with Gasteiger partial charge in [0, 0.05) is 6.54 Å². The molecule has 2 atom stereocenters. The summed E-state index contributed by atoms with van der Waals surface area (Å²) in [5, 5.41) is 5.57. The number of hydrogen-bond donors (Lipinski definition) is 3. The van der Waals surface area contributed by atoms with E-state index >= 15 is 4.39 Å². The molecule has 1 aromatic heterocycles. The monoisotopic (exact) mass is 506 g/mol. The Balaban J connectivity index is 1.58. The highest BCUT2D eigenvalue weighted by molar-refractivity contribution is 7.18. The number of aromatic amines is 1. The number of H-pyrrole nitrogens is 1. The van der Waals surface area contributed by atoms with Gasteiger partial charge in [-0.2, -0.15) is 0 Å². The van der Waals surface area contributed by atoms with E-state index in [1.807, 2.05) is 13.8 Å². The second-order valence-corrected chi connectivity index (χ2v) is 13.5. The van der Waals surface area contributed by atoms with Crippen molar-refractivity contribution in [2.75, 3.05) is 6.54 Å². The summed E-state index contributed by atoms with van der Waals surface area (Å²) in [5.41, 5.74) is -0.687. The van der Waals surface area contributed by atoms with Crippen LogP contribution < -0.4 is 10.6 Å². The predicted octanol–water partition coefficient (Wildman–Crippen LogP) is 4.89. The largest absolute Gasteiger partial charge is 0.355 e. The lowest BCUT2D eigenvalue weighted by atomic mass is 9.71. The molecule has 4 rings (SSSR count). The number of rotatable bonds is 8. The van der Waals surface area contributed by atoms with Crippen LogP contribution in [0.5, 0.6) is 0 Å². The molecule has 192 valence electrons. The van der Waals surface area contributed by atoms with Crippen molar-refractivity contribution in [1.29, 1.82) is 0 Å². The van der Waals surface area contributed by atoms with Gasteiger partial charge in [0.2, 0.25) is 5.91 Å². The number of carbonyl (C=O) groups excluding carboxylic acids is 2. The van der Waals surface area contributed by atoms with Gasteiger partial charge in [-0.1, -0.05) is 33.8 Å². The summed E-state index contributed by atoms with van der Waals surface area (Å²) in [7, 11) is 2.66. The summed E-state index contributed by atoms with van der Waals surface area (Å²) in [4.78, 5) is 32.7. The molecule has 1 heterocycles. The fourth-order valence-electron chi connectivity index (χ4n) is 4.72. The van der Waals surface area contributed by atoms with Crippen molar-refractivity contribution >= 4 is 32.1 Å². The van der Waals surface area contributed by atoms with Gasteiger partial charge in [-0.15, -0.1) is 9.24 Å². The number of nitrogens with zero attached hydrogens (tertiary/aromatic N) is 1. The smallest absolute Gasteiger partial charge is 0.258 e. The average molecular weight is 507 g/mol. The van der Waals surface area contributed by atoms with Gasteiger partial charge in [-0.25, -0.2) is 13.8 Å². The van der Waals surface area contributed by atoms with E-state index in [2.05, 4.69) is 43.7 Å². The lowest BCUT2D eigenvalue weighted by Gasteiger charge is -2.37. The van der Waals surface area contributed by atoms with Crippen molar-refractivity contribution in [3.8, 4) is 0 Å². The van der Waals surface area contributed by atoms with Crippen molar-refractivity contribution in [2.24, 2.45) is 11.3 Å². The highest BCUT2D eigenvalue weighted by Crippen LogP contribution is 2.44. The molecule has 3 N–H and O–H groups in total. The quantitative estimate of drug-likeness (QED) is 0.446. The lowest BCUT2D eigenvalue weighted by Crippen LogP contribution is -2.41. The minimum atomic E-state index is -1.80. The first-order valence-corrected chi connectivity index (χ1v) is 13.1. The number of alkyl halides is 1. The highest BCUT2D eigenvalue weighted by atomic mass is 31.0. The van der Waals surface area contributed by atoms with Gasteiger partial charge in [0.15, 0.2) is 11.5 Å². The number of halogens is 2. The molecular weight excluding hydrogens is 469 g/mol. The van der Waals surface area contributed by atoms with Crippen LogP contribution in [0.1, 0.15) is 83.6 Å². The number of aromatic nitrogens is 2. The van der Waals surface area contributed by atoms with Gasteiger partial charge < -0.3 is 15.6 Å². The van der Waals surface area contributed by atoms with E-state index < -0.39 is 23.4 Å². The average Bonchev–Trinajstić information content (AvgIpc) is 3.37. The van der Waals surface area contributed by atoms with Gasteiger partial charge >= 0.3 is 0 Å². The molecule has 2 aromatic rings. The molecule has 2 aliphatic rings. The zero-order chi connectivity index (χ0) is 25.6. The fourth-order valence-corrected chi connectivity index (χ4v) is 4.82. The maximum Gasteiger partial charge on any atom is 0.258 e. The SMILES string of the molecule is CC(C)(P)CNC(=O)Cc1ccc2[nH]c([C@@H](NC(=O)C3(F)CC3)C3CCC(C)(C)CC3)nc2c1F. The number of benzene rings is 1. The molecule has 2 fully saturated rings. The van der Waals surface area contributed by atoms with E-state index in [1.165, 1.54) is 0 Å². The van der Waals surface area contributed by atoms with Crippen molar-refractivity contribution in [3.05, 3.63) is 29.3 Å². The molecule has 9 heteroatoms. The summed E-state index contributed by atoms with van der Waals surface area (Å²) in [6, 6.07) is 2.77. The van der Waals surface area contributed by atoms with Crippen LogP contribution in [0, 0.1) is 17.2 Å². The van der Waals surface area contributed by atoms with Crippen LogP contribution in [0.3, 0.4) is 0 Å². The van der Waals surface area contributed by atoms with Crippen LogP contribution in [0.4, 0.5) is 8.78 Å². The maximum absolute atomic E-state index is 15.4. The lowest BCUT2D eigenvalue weighted by molar-refractivity contribution is -0.128. The van der Waals surface area contributed by atoms with E-state index in [4.69, 9.17) is 0 Å². The summed E-state index contributed by atoms with van der Waals surface area (Å²) >= 11 is 0. The molecule has 1 aromatic carbocycles. The first-order chi connectivity index (χ1) is 16.3. The molecule has 35 heavy (non-hydrogen) atoms. The first kappa shape index (κ1) is 26.0. The Morgan fingerprint density at radius 2 is 1.89 bits per heavy atom. The molecule has 0 saturated heterocycles. The summed E-state index contributed by atoms with van der Waals surface area (Å²) in [6.45, 7) is 8.87. The number of fused-ring (bicyclic) bond motifs is 1. The summed E-state index contributed by atoms with van der Waals surface area (Å²) in [6.07, 6.45) is 4.10. The topological polar surface area (TPSA) is 86.9 Å². The molecule has 2 amide bonds. The molecule has 0 spiro atoms. The van der Waals surface area contributed by atoms with Crippen LogP contribution in [0.15, 0.2) is 12.1 Å². The standard InChI is InChI=1S/C26H37F2N4O2P/c1-24(2)9-7-15(8-10-24)20(32-23(34)26(28)11-12-26)22-30-17-6-5-16(19(27)21(17)31-22)13-18(33)29-14-25(3,4)35/h5-6,15,20H,7-14,35H2,1-4H3,(H,29,33)(H,30,31)(H,32,34)/t20-/m0/s1. The minimum absolute atomic E-state index is 0.0819. The van der Waals surface area contributed by atoms with E-state index in [0.717, 1.165) is 25.7 Å².